The van der Waals surface area contributed by atoms with Gasteiger partial charge in [-0.1, -0.05) is 12.1 Å². The quantitative estimate of drug-likeness (QED) is 0.613. The lowest BCUT2D eigenvalue weighted by molar-refractivity contribution is 0.0993. The average Bonchev–Trinajstić information content (AvgIpc) is 2.67. The van der Waals surface area contributed by atoms with E-state index in [0.29, 0.717) is 33.8 Å². The van der Waals surface area contributed by atoms with Crippen molar-refractivity contribution in [3.05, 3.63) is 53.7 Å². The number of carbonyl (C=O) groups is 2. The van der Waals surface area contributed by atoms with E-state index in [0.717, 1.165) is 0 Å². The molecule has 0 unspecified atom stereocenters. The number of benzene rings is 2. The third kappa shape index (κ3) is 3.32. The van der Waals surface area contributed by atoms with Crippen molar-refractivity contribution in [2.75, 3.05) is 19.5 Å². The summed E-state index contributed by atoms with van der Waals surface area (Å²) in [4.78, 5) is 27.9. The van der Waals surface area contributed by atoms with E-state index in [1.54, 1.807) is 36.4 Å². The van der Waals surface area contributed by atoms with Gasteiger partial charge in [-0.25, -0.2) is 0 Å². The van der Waals surface area contributed by atoms with E-state index in [4.69, 9.17) is 20.9 Å². The highest BCUT2D eigenvalue weighted by atomic mass is 16.5. The van der Waals surface area contributed by atoms with Crippen LogP contribution in [0.4, 0.5) is 11.4 Å². The van der Waals surface area contributed by atoms with Gasteiger partial charge in [0.05, 0.1) is 42.2 Å². The van der Waals surface area contributed by atoms with Gasteiger partial charge < -0.3 is 26.3 Å². The van der Waals surface area contributed by atoms with Gasteiger partial charge in [-0.3, -0.25) is 14.6 Å². The number of carbonyl (C=O) groups excluding carboxylic acids is 2. The minimum atomic E-state index is -0.668. The third-order valence-electron chi connectivity index (χ3n) is 4.09. The van der Waals surface area contributed by atoms with Gasteiger partial charge in [0.1, 0.15) is 0 Å². The molecule has 1 heterocycles. The highest BCUT2D eigenvalue weighted by molar-refractivity contribution is 6.09. The molecule has 0 saturated heterocycles. The van der Waals surface area contributed by atoms with Crippen molar-refractivity contribution in [1.29, 1.82) is 0 Å². The molecule has 0 aliphatic carbocycles. The summed E-state index contributed by atoms with van der Waals surface area (Å²) < 4.78 is 10.6. The smallest absolute Gasteiger partial charge is 0.252 e. The summed E-state index contributed by atoms with van der Waals surface area (Å²) >= 11 is 0. The summed E-state index contributed by atoms with van der Waals surface area (Å²) in [6.45, 7) is 0. The number of methoxy groups -OCH3 is 2. The molecule has 3 aromatic rings. The van der Waals surface area contributed by atoms with Crippen LogP contribution in [-0.4, -0.2) is 31.0 Å². The van der Waals surface area contributed by atoms with Gasteiger partial charge in [0.15, 0.2) is 11.5 Å². The van der Waals surface area contributed by atoms with Crippen molar-refractivity contribution in [2.45, 2.75) is 0 Å². The number of anilines is 2. The number of nitrogens with one attached hydrogen (secondary N) is 1. The van der Waals surface area contributed by atoms with Crippen molar-refractivity contribution in [3.63, 3.8) is 0 Å². The van der Waals surface area contributed by atoms with Crippen LogP contribution in [0.15, 0.2) is 42.6 Å². The molecule has 0 atom stereocenters. The Morgan fingerprint density at radius 1 is 0.963 bits per heavy atom. The zero-order valence-corrected chi connectivity index (χ0v) is 14.8. The molecule has 5 N–H and O–H groups in total. The molecule has 0 spiro atoms. The van der Waals surface area contributed by atoms with E-state index in [1.165, 1.54) is 20.4 Å². The Balaban J connectivity index is 2.27. The first kappa shape index (κ1) is 18.0. The molecule has 0 aliphatic rings. The topological polar surface area (TPSA) is 130 Å². The van der Waals surface area contributed by atoms with Gasteiger partial charge in [-0.05, 0) is 18.2 Å². The van der Waals surface area contributed by atoms with E-state index >= 15 is 0 Å². The van der Waals surface area contributed by atoms with Crippen molar-refractivity contribution in [2.24, 2.45) is 11.5 Å². The van der Waals surface area contributed by atoms with E-state index in [2.05, 4.69) is 10.3 Å². The number of nitrogens with zero attached hydrogens (tertiary/aromatic N) is 1. The second-order valence-corrected chi connectivity index (χ2v) is 5.67. The summed E-state index contributed by atoms with van der Waals surface area (Å²) in [6, 6.07) is 10.1. The van der Waals surface area contributed by atoms with Gasteiger partial charge in [0.25, 0.3) is 11.8 Å². The van der Waals surface area contributed by atoms with Crippen LogP contribution < -0.4 is 26.3 Å². The number of pyridine rings is 1. The fraction of sp³-hybridized carbons (Fsp3) is 0.105. The van der Waals surface area contributed by atoms with Crippen molar-refractivity contribution in [3.8, 4) is 11.5 Å². The number of amides is 2. The van der Waals surface area contributed by atoms with Crippen LogP contribution in [0, 0.1) is 0 Å². The Hall–Kier alpha value is -3.81. The second kappa shape index (κ2) is 7.20. The SMILES string of the molecule is COc1cc2ncc(C(N)=O)c(Nc3ccccc3C(N)=O)c2cc1OC. The zero-order valence-electron chi connectivity index (χ0n) is 14.8. The standard InChI is InChI=1S/C19H18N4O4/c1-26-15-7-11-14(8-16(15)27-2)22-9-12(19(21)25)17(11)23-13-6-4-3-5-10(13)18(20)24/h3-9H,1-2H3,(H2,20,24)(H2,21,25)(H,22,23). The molecule has 0 saturated carbocycles. The molecule has 2 amide bonds. The third-order valence-corrected chi connectivity index (χ3v) is 4.09. The molecule has 8 heteroatoms. The number of nitrogens with two attached hydrogens (primary N) is 2. The fourth-order valence-corrected chi connectivity index (χ4v) is 2.78. The summed E-state index contributed by atoms with van der Waals surface area (Å²) in [5.74, 6) is -0.318. The second-order valence-electron chi connectivity index (χ2n) is 5.67. The van der Waals surface area contributed by atoms with Gasteiger partial charge in [-0.2, -0.15) is 0 Å². The normalized spacial score (nSPS) is 10.4. The molecule has 0 radical (unpaired) electrons. The fourth-order valence-electron chi connectivity index (χ4n) is 2.78. The summed E-state index contributed by atoms with van der Waals surface area (Å²) in [7, 11) is 3.02. The molecular formula is C19H18N4O4. The van der Waals surface area contributed by atoms with Gasteiger partial charge in [-0.15, -0.1) is 0 Å². The van der Waals surface area contributed by atoms with Crippen LogP contribution >= 0.6 is 0 Å². The number of hydrogen-bond acceptors (Lipinski definition) is 6. The van der Waals surface area contributed by atoms with E-state index < -0.39 is 11.8 Å². The van der Waals surface area contributed by atoms with Gasteiger partial charge in [0.2, 0.25) is 0 Å². The maximum Gasteiger partial charge on any atom is 0.252 e. The highest BCUT2D eigenvalue weighted by Crippen LogP contribution is 2.37. The number of aromatic nitrogens is 1. The van der Waals surface area contributed by atoms with E-state index in [-0.39, 0.29) is 11.1 Å². The highest BCUT2D eigenvalue weighted by Gasteiger charge is 2.18. The maximum atomic E-state index is 11.9. The Kier molecular flexibility index (Phi) is 4.80. The summed E-state index contributed by atoms with van der Waals surface area (Å²) in [5.41, 5.74) is 12.8. The lowest BCUT2D eigenvalue weighted by Gasteiger charge is -2.16. The van der Waals surface area contributed by atoms with Crippen LogP contribution in [0.3, 0.4) is 0 Å². The maximum absolute atomic E-state index is 11.9. The zero-order chi connectivity index (χ0) is 19.6. The average molecular weight is 366 g/mol. The molecule has 3 rings (SSSR count). The van der Waals surface area contributed by atoms with Crippen LogP contribution in [0.25, 0.3) is 10.9 Å². The summed E-state index contributed by atoms with van der Waals surface area (Å²) in [6.07, 6.45) is 1.37. The predicted molar refractivity (Wildman–Crippen MR) is 102 cm³/mol. The van der Waals surface area contributed by atoms with E-state index in [9.17, 15) is 9.59 Å². The number of rotatable bonds is 6. The molecule has 0 fully saturated rings. The molecule has 1 aromatic heterocycles. The lowest BCUT2D eigenvalue weighted by atomic mass is 10.1. The van der Waals surface area contributed by atoms with Crippen molar-refractivity contribution < 1.29 is 19.1 Å². The number of para-hydroxylation sites is 1. The van der Waals surface area contributed by atoms with Gasteiger partial charge in [0, 0.05) is 17.6 Å². The largest absolute Gasteiger partial charge is 0.493 e. The number of ether oxygens (including phenoxy) is 2. The minimum absolute atomic E-state index is 0.161. The van der Waals surface area contributed by atoms with Crippen LogP contribution in [-0.2, 0) is 0 Å². The summed E-state index contributed by atoms with van der Waals surface area (Å²) in [5, 5.41) is 3.67. The first-order valence-electron chi connectivity index (χ1n) is 7.96. The van der Waals surface area contributed by atoms with Crippen molar-refractivity contribution in [1.82, 2.24) is 4.98 Å². The lowest BCUT2D eigenvalue weighted by Crippen LogP contribution is -2.16. The molecule has 27 heavy (non-hydrogen) atoms. The van der Waals surface area contributed by atoms with Gasteiger partial charge >= 0.3 is 0 Å². The Morgan fingerprint density at radius 2 is 1.59 bits per heavy atom. The molecule has 2 aromatic carbocycles. The van der Waals surface area contributed by atoms with Crippen LogP contribution in [0.1, 0.15) is 20.7 Å². The molecular weight excluding hydrogens is 348 g/mol. The number of hydrogen-bond donors (Lipinski definition) is 3. The Bertz CT molecular complexity index is 1050. The minimum Gasteiger partial charge on any atom is -0.493 e. The molecule has 8 nitrogen and oxygen atoms in total. The molecule has 0 bridgehead atoms. The first-order chi connectivity index (χ1) is 13.0. The molecule has 138 valence electrons. The monoisotopic (exact) mass is 366 g/mol. The number of primary amides is 2. The Morgan fingerprint density at radius 3 is 2.22 bits per heavy atom. The predicted octanol–water partition coefficient (Wildman–Crippen LogP) is 2.19. The van der Waals surface area contributed by atoms with Crippen LogP contribution in [0.5, 0.6) is 11.5 Å². The Labute approximate surface area is 155 Å². The first-order valence-corrected chi connectivity index (χ1v) is 7.96. The molecule has 0 aliphatic heterocycles. The van der Waals surface area contributed by atoms with E-state index in [1.807, 2.05) is 0 Å². The van der Waals surface area contributed by atoms with Crippen LogP contribution in [0.2, 0.25) is 0 Å². The number of fused-ring (bicyclic) bond motifs is 1. The van der Waals surface area contributed by atoms with Crippen molar-refractivity contribution >= 4 is 34.1 Å².